The standard InChI is InChI=1S/C23H31N7O9/c1-3-16(31)26-12-19(34)28-11-18(33)24-9-6-5-7-15(23(39)25-10-8-22(37)38)30-21(36)14-29-20(35)13-27-17(32)4-2/h1-2,15H,5-14H2,(H,24,33)(H,25,39)(H,26,31)(H,27,32)(H,28,34)(H,29,35)(H,30,36)(H,37,38). The minimum Gasteiger partial charge on any atom is -0.481 e. The van der Waals surface area contributed by atoms with Gasteiger partial charge < -0.3 is 42.3 Å². The zero-order valence-electron chi connectivity index (χ0n) is 21.0. The molecule has 8 N–H and O–H groups in total. The number of nitrogens with one attached hydrogen (secondary N) is 7. The highest BCUT2D eigenvalue weighted by Gasteiger charge is 2.21. The second kappa shape index (κ2) is 20.0. The van der Waals surface area contributed by atoms with Crippen LogP contribution >= 0.6 is 0 Å². The van der Waals surface area contributed by atoms with Crippen molar-refractivity contribution in [3.05, 3.63) is 0 Å². The Morgan fingerprint density at radius 2 is 1.10 bits per heavy atom. The zero-order valence-corrected chi connectivity index (χ0v) is 21.0. The van der Waals surface area contributed by atoms with Gasteiger partial charge in [-0.1, -0.05) is 0 Å². The fourth-order valence-corrected chi connectivity index (χ4v) is 2.60. The van der Waals surface area contributed by atoms with Gasteiger partial charge in [0.1, 0.15) is 6.04 Å². The maximum atomic E-state index is 12.4. The molecule has 39 heavy (non-hydrogen) atoms. The molecule has 0 radical (unpaired) electrons. The average molecular weight is 550 g/mol. The van der Waals surface area contributed by atoms with Crippen molar-refractivity contribution >= 4 is 47.3 Å². The van der Waals surface area contributed by atoms with Gasteiger partial charge in [-0.25, -0.2) is 0 Å². The van der Waals surface area contributed by atoms with Gasteiger partial charge in [0, 0.05) is 13.1 Å². The summed E-state index contributed by atoms with van der Waals surface area (Å²) in [6.07, 6.45) is 10.2. The van der Waals surface area contributed by atoms with E-state index in [1.165, 1.54) is 0 Å². The summed E-state index contributed by atoms with van der Waals surface area (Å²) in [6, 6.07) is -1.06. The third kappa shape index (κ3) is 18.8. The van der Waals surface area contributed by atoms with E-state index in [0.717, 1.165) is 0 Å². The van der Waals surface area contributed by atoms with Crippen LogP contribution in [0.5, 0.6) is 0 Å². The van der Waals surface area contributed by atoms with Gasteiger partial charge >= 0.3 is 5.97 Å². The molecule has 0 saturated carbocycles. The van der Waals surface area contributed by atoms with Crippen molar-refractivity contribution in [1.29, 1.82) is 0 Å². The first kappa shape index (κ1) is 33.9. The van der Waals surface area contributed by atoms with Gasteiger partial charge in [-0.15, -0.1) is 12.8 Å². The van der Waals surface area contributed by atoms with Crippen molar-refractivity contribution in [2.24, 2.45) is 0 Å². The number of hydrogen-bond donors (Lipinski definition) is 8. The Balaban J connectivity index is 4.54. The van der Waals surface area contributed by atoms with Crippen LogP contribution in [0.25, 0.3) is 0 Å². The highest BCUT2D eigenvalue weighted by atomic mass is 16.4. The number of carbonyl (C=O) groups excluding carboxylic acids is 7. The fourth-order valence-electron chi connectivity index (χ4n) is 2.60. The topological polar surface area (TPSA) is 241 Å². The number of carboxylic acid groups (broad SMARTS) is 1. The lowest BCUT2D eigenvalue weighted by atomic mass is 10.1. The Hall–Kier alpha value is -5.12. The number of carbonyl (C=O) groups is 8. The lowest BCUT2D eigenvalue weighted by Crippen LogP contribution is -2.50. The van der Waals surface area contributed by atoms with Crippen LogP contribution in [0.2, 0.25) is 0 Å². The molecule has 0 rings (SSSR count). The predicted octanol–water partition coefficient (Wildman–Crippen LogP) is -4.92. The monoisotopic (exact) mass is 549 g/mol. The van der Waals surface area contributed by atoms with E-state index >= 15 is 0 Å². The Bertz CT molecular complexity index is 1010. The third-order valence-electron chi connectivity index (χ3n) is 4.50. The van der Waals surface area contributed by atoms with Crippen molar-refractivity contribution in [2.75, 3.05) is 39.3 Å². The van der Waals surface area contributed by atoms with E-state index in [0.29, 0.717) is 12.8 Å². The maximum absolute atomic E-state index is 12.4. The summed E-state index contributed by atoms with van der Waals surface area (Å²) in [5.41, 5.74) is 0. The van der Waals surface area contributed by atoms with Crippen molar-refractivity contribution in [3.63, 3.8) is 0 Å². The molecule has 0 heterocycles. The molecular weight excluding hydrogens is 518 g/mol. The number of unbranched alkanes of at least 4 members (excludes halogenated alkanes) is 1. The molecular formula is C23H31N7O9. The van der Waals surface area contributed by atoms with Gasteiger partial charge in [0.25, 0.3) is 11.8 Å². The van der Waals surface area contributed by atoms with E-state index in [1.54, 1.807) is 11.8 Å². The Kier molecular flexibility index (Phi) is 17.4. The summed E-state index contributed by atoms with van der Waals surface area (Å²) in [7, 11) is 0. The van der Waals surface area contributed by atoms with Gasteiger partial charge in [0.15, 0.2) is 0 Å². The predicted molar refractivity (Wildman–Crippen MR) is 134 cm³/mol. The van der Waals surface area contributed by atoms with Crippen molar-refractivity contribution in [1.82, 2.24) is 37.2 Å². The summed E-state index contributed by atoms with van der Waals surface area (Å²) in [4.78, 5) is 92.1. The van der Waals surface area contributed by atoms with Crippen LogP contribution < -0.4 is 37.2 Å². The molecule has 0 aromatic rings. The Morgan fingerprint density at radius 3 is 1.62 bits per heavy atom. The van der Waals surface area contributed by atoms with E-state index in [1.807, 2.05) is 0 Å². The molecule has 1 atom stereocenters. The first-order chi connectivity index (χ1) is 18.5. The van der Waals surface area contributed by atoms with Gasteiger partial charge in [0.2, 0.25) is 29.5 Å². The molecule has 16 nitrogen and oxygen atoms in total. The first-order valence-corrected chi connectivity index (χ1v) is 11.6. The lowest BCUT2D eigenvalue weighted by molar-refractivity contribution is -0.137. The van der Waals surface area contributed by atoms with Gasteiger partial charge in [0.05, 0.1) is 32.6 Å². The largest absolute Gasteiger partial charge is 0.481 e. The molecule has 0 spiro atoms. The number of hydrogen-bond acceptors (Lipinski definition) is 8. The van der Waals surface area contributed by atoms with Crippen LogP contribution in [0.4, 0.5) is 0 Å². The molecule has 0 aliphatic heterocycles. The number of terminal acetylenes is 2. The SMILES string of the molecule is C#CC(=O)NCC(=O)NCC(=O)NCCCCC(NC(=O)CNC(=O)CNC(=O)C#C)C(=O)NCCC(=O)O. The van der Waals surface area contributed by atoms with Gasteiger partial charge in [-0.3, -0.25) is 38.4 Å². The first-order valence-electron chi connectivity index (χ1n) is 11.6. The average Bonchev–Trinajstić information content (AvgIpc) is 2.90. The molecule has 16 heteroatoms. The number of rotatable bonds is 18. The molecule has 1 unspecified atom stereocenters. The molecule has 7 amide bonds. The molecule has 0 saturated heterocycles. The Labute approximate surface area is 224 Å². The molecule has 0 bridgehead atoms. The van der Waals surface area contributed by atoms with E-state index in [4.69, 9.17) is 18.0 Å². The van der Waals surface area contributed by atoms with Crippen LogP contribution in [-0.2, 0) is 38.4 Å². The van der Waals surface area contributed by atoms with Crippen molar-refractivity contribution < 1.29 is 43.5 Å². The quantitative estimate of drug-likeness (QED) is 0.0602. The number of carboxylic acids is 1. The van der Waals surface area contributed by atoms with Crippen LogP contribution in [0, 0.1) is 24.7 Å². The van der Waals surface area contributed by atoms with Crippen LogP contribution in [0.3, 0.4) is 0 Å². The maximum Gasteiger partial charge on any atom is 0.305 e. The second-order valence-electron chi connectivity index (χ2n) is 7.61. The molecule has 0 aromatic heterocycles. The van der Waals surface area contributed by atoms with Crippen LogP contribution in [0.15, 0.2) is 0 Å². The fraction of sp³-hybridized carbons (Fsp3) is 0.478. The minimum absolute atomic E-state index is 0.123. The summed E-state index contributed by atoms with van der Waals surface area (Å²) in [6.45, 7) is -1.66. The zero-order chi connectivity index (χ0) is 29.6. The highest BCUT2D eigenvalue weighted by Crippen LogP contribution is 2.01. The molecule has 0 fully saturated rings. The van der Waals surface area contributed by atoms with Crippen molar-refractivity contribution in [2.45, 2.75) is 31.7 Å². The normalized spacial score (nSPS) is 10.3. The smallest absolute Gasteiger partial charge is 0.305 e. The molecule has 0 aliphatic carbocycles. The summed E-state index contributed by atoms with van der Waals surface area (Å²) in [5, 5.41) is 24.9. The Morgan fingerprint density at radius 1 is 0.615 bits per heavy atom. The van der Waals surface area contributed by atoms with Crippen LogP contribution in [-0.4, -0.2) is 97.7 Å². The molecule has 212 valence electrons. The number of amides is 7. The van der Waals surface area contributed by atoms with E-state index in [-0.39, 0.29) is 39.0 Å². The second-order valence-corrected chi connectivity index (χ2v) is 7.61. The van der Waals surface area contributed by atoms with E-state index in [9.17, 15) is 38.4 Å². The van der Waals surface area contributed by atoms with Crippen LogP contribution in [0.1, 0.15) is 25.7 Å². The van der Waals surface area contributed by atoms with Gasteiger partial charge in [-0.05, 0) is 31.1 Å². The van der Waals surface area contributed by atoms with Gasteiger partial charge in [-0.2, -0.15) is 0 Å². The molecule has 0 aromatic carbocycles. The minimum atomic E-state index is -1.13. The van der Waals surface area contributed by atoms with E-state index in [2.05, 4.69) is 37.2 Å². The van der Waals surface area contributed by atoms with Crippen molar-refractivity contribution in [3.8, 4) is 24.7 Å². The third-order valence-corrected chi connectivity index (χ3v) is 4.50. The summed E-state index contributed by atoms with van der Waals surface area (Å²) in [5.74, 6) is -2.34. The number of aliphatic carboxylic acids is 1. The highest BCUT2D eigenvalue weighted by molar-refractivity contribution is 5.96. The summed E-state index contributed by atoms with van der Waals surface area (Å²) < 4.78 is 0. The lowest BCUT2D eigenvalue weighted by Gasteiger charge is -2.18. The summed E-state index contributed by atoms with van der Waals surface area (Å²) >= 11 is 0. The molecule has 0 aliphatic rings. The van der Waals surface area contributed by atoms with E-state index < -0.39 is 66.5 Å².